The van der Waals surface area contributed by atoms with Crippen molar-refractivity contribution in [3.63, 3.8) is 0 Å². The molecule has 0 amide bonds. The van der Waals surface area contributed by atoms with E-state index in [0.29, 0.717) is 25.4 Å². The Morgan fingerprint density at radius 2 is 2.33 bits per heavy atom. The van der Waals surface area contributed by atoms with Crippen molar-refractivity contribution in [2.75, 3.05) is 37.5 Å². The molecule has 0 unspecified atom stereocenters. The Bertz CT molecular complexity index is 603. The predicted molar refractivity (Wildman–Crippen MR) is 73.6 cm³/mol. The van der Waals surface area contributed by atoms with Gasteiger partial charge in [-0.05, 0) is 16.0 Å². The maximum atomic E-state index is 11.0. The summed E-state index contributed by atoms with van der Waals surface area (Å²) in [5.74, 6) is -0.219. The zero-order valence-corrected chi connectivity index (χ0v) is 12.2. The Morgan fingerprint density at radius 1 is 1.57 bits per heavy atom. The van der Waals surface area contributed by atoms with Crippen LogP contribution in [0.5, 0.6) is 0 Å². The van der Waals surface area contributed by atoms with Gasteiger partial charge >= 0.3 is 5.82 Å². The molecule has 2 heterocycles. The number of rotatable bonds is 5. The molecule has 1 atom stereocenters. The summed E-state index contributed by atoms with van der Waals surface area (Å²) in [4.78, 5) is 15.7. The third-order valence-corrected chi connectivity index (χ3v) is 3.46. The van der Waals surface area contributed by atoms with Gasteiger partial charge in [-0.3, -0.25) is 4.18 Å². The van der Waals surface area contributed by atoms with Crippen molar-refractivity contribution in [2.24, 2.45) is 0 Å². The van der Waals surface area contributed by atoms with E-state index < -0.39 is 15.0 Å². The number of anilines is 1. The summed E-state index contributed by atoms with van der Waals surface area (Å²) in [6, 6.07) is 2.93. The number of hydrogen-bond acceptors (Lipinski definition) is 8. The van der Waals surface area contributed by atoms with Crippen LogP contribution in [0.2, 0.25) is 0 Å². The average Bonchev–Trinajstić information content (AvgIpc) is 2.45. The van der Waals surface area contributed by atoms with E-state index in [1.807, 2.05) is 4.90 Å². The van der Waals surface area contributed by atoms with E-state index in [0.717, 1.165) is 6.26 Å². The first-order valence-corrected chi connectivity index (χ1v) is 7.98. The van der Waals surface area contributed by atoms with Crippen LogP contribution in [0.3, 0.4) is 0 Å². The van der Waals surface area contributed by atoms with Gasteiger partial charge in [-0.25, -0.2) is 0 Å². The minimum absolute atomic E-state index is 0.0598. The van der Waals surface area contributed by atoms with Gasteiger partial charge in [0.2, 0.25) is 0 Å². The van der Waals surface area contributed by atoms with Crippen LogP contribution >= 0.6 is 0 Å². The second-order valence-corrected chi connectivity index (χ2v) is 6.20. The molecule has 2 rings (SSSR count). The lowest BCUT2D eigenvalue weighted by molar-refractivity contribution is -0.389. The van der Waals surface area contributed by atoms with E-state index in [9.17, 15) is 18.5 Å². The molecule has 1 aliphatic rings. The number of ether oxygens (including phenoxy) is 1. The monoisotopic (exact) mass is 317 g/mol. The van der Waals surface area contributed by atoms with E-state index in [4.69, 9.17) is 8.92 Å². The Hall–Kier alpha value is -1.78. The molecule has 1 fully saturated rings. The summed E-state index contributed by atoms with van der Waals surface area (Å²) in [5.41, 5.74) is 0.716. The van der Waals surface area contributed by atoms with Crippen molar-refractivity contribution in [3.05, 3.63) is 28.4 Å². The van der Waals surface area contributed by atoms with E-state index in [1.54, 1.807) is 6.07 Å². The lowest BCUT2D eigenvalue weighted by Crippen LogP contribution is -2.44. The minimum Gasteiger partial charge on any atom is -0.372 e. The van der Waals surface area contributed by atoms with Gasteiger partial charge in [0.1, 0.15) is 0 Å². The average molecular weight is 317 g/mol. The first kappa shape index (κ1) is 15.6. The first-order chi connectivity index (χ1) is 9.85. The van der Waals surface area contributed by atoms with Gasteiger partial charge in [0, 0.05) is 19.2 Å². The van der Waals surface area contributed by atoms with Crippen molar-refractivity contribution in [1.82, 2.24) is 4.98 Å². The molecular weight excluding hydrogens is 302 g/mol. The lowest BCUT2D eigenvalue weighted by Gasteiger charge is -2.33. The van der Waals surface area contributed by atoms with Gasteiger partial charge in [-0.15, -0.1) is 0 Å². The summed E-state index contributed by atoms with van der Waals surface area (Å²) < 4.78 is 32.1. The summed E-state index contributed by atoms with van der Waals surface area (Å²) in [7, 11) is -3.51. The van der Waals surface area contributed by atoms with Crippen LogP contribution in [0.15, 0.2) is 18.3 Å². The van der Waals surface area contributed by atoms with Gasteiger partial charge in [-0.1, -0.05) is 0 Å². The number of morpholine rings is 1. The van der Waals surface area contributed by atoms with Crippen molar-refractivity contribution in [2.45, 2.75) is 6.10 Å². The molecule has 9 nitrogen and oxygen atoms in total. The molecule has 21 heavy (non-hydrogen) atoms. The molecule has 1 aromatic heterocycles. The summed E-state index contributed by atoms with van der Waals surface area (Å²) >= 11 is 0. The van der Waals surface area contributed by atoms with Crippen LogP contribution in [-0.4, -0.2) is 57.0 Å². The SMILES string of the molecule is CS(=O)(=O)OC[C@@H]1CN(c2ccc([N+](=O)[O-])nc2)CCO1. The molecular formula is C11H15N3O6S. The molecule has 0 N–H and O–H groups in total. The lowest BCUT2D eigenvalue weighted by atomic mass is 10.2. The highest BCUT2D eigenvalue weighted by molar-refractivity contribution is 7.85. The fourth-order valence-electron chi connectivity index (χ4n) is 1.93. The van der Waals surface area contributed by atoms with Crippen LogP contribution in [0, 0.1) is 10.1 Å². The first-order valence-electron chi connectivity index (χ1n) is 6.16. The zero-order valence-electron chi connectivity index (χ0n) is 11.3. The normalized spacial score (nSPS) is 19.5. The Kier molecular flexibility index (Phi) is 4.70. The standard InChI is InChI=1S/C11H15N3O6S/c1-21(17,18)20-8-10-7-13(4-5-19-10)9-2-3-11(12-6-9)14(15)16/h2-3,6,10H,4-5,7-8H2,1H3/t10-/m0/s1. The van der Waals surface area contributed by atoms with Crippen LogP contribution < -0.4 is 4.90 Å². The number of aromatic nitrogens is 1. The summed E-state index contributed by atoms with van der Waals surface area (Å²) in [6.07, 6.45) is 2.01. The molecule has 1 aliphatic heterocycles. The van der Waals surface area contributed by atoms with Crippen molar-refractivity contribution >= 4 is 21.6 Å². The molecule has 0 radical (unpaired) electrons. The maximum absolute atomic E-state index is 11.0. The topological polar surface area (TPSA) is 112 Å². The quantitative estimate of drug-likeness (QED) is 0.429. The highest BCUT2D eigenvalue weighted by atomic mass is 32.2. The molecule has 1 saturated heterocycles. The molecule has 0 aromatic carbocycles. The van der Waals surface area contributed by atoms with Gasteiger partial charge in [0.05, 0.1) is 31.3 Å². The Morgan fingerprint density at radius 3 is 2.90 bits per heavy atom. The molecule has 10 heteroatoms. The van der Waals surface area contributed by atoms with Crippen molar-refractivity contribution in [3.8, 4) is 0 Å². The van der Waals surface area contributed by atoms with Crippen LogP contribution in [0.4, 0.5) is 11.5 Å². The van der Waals surface area contributed by atoms with E-state index in [1.165, 1.54) is 12.3 Å². The second-order valence-electron chi connectivity index (χ2n) is 4.56. The second kappa shape index (κ2) is 6.33. The van der Waals surface area contributed by atoms with Crippen molar-refractivity contribution < 1.29 is 22.3 Å². The molecule has 0 saturated carbocycles. The van der Waals surface area contributed by atoms with E-state index in [-0.39, 0.29) is 18.5 Å². The van der Waals surface area contributed by atoms with Gasteiger partial charge in [0.15, 0.2) is 6.20 Å². The number of nitro groups is 1. The number of hydrogen-bond donors (Lipinski definition) is 0. The predicted octanol–water partition coefficient (Wildman–Crippen LogP) is 0.171. The highest BCUT2D eigenvalue weighted by Crippen LogP contribution is 2.19. The van der Waals surface area contributed by atoms with Crippen LogP contribution in [0.1, 0.15) is 0 Å². The number of pyridine rings is 1. The fraction of sp³-hybridized carbons (Fsp3) is 0.545. The van der Waals surface area contributed by atoms with Crippen LogP contribution in [-0.2, 0) is 19.0 Å². The third kappa shape index (κ3) is 4.62. The van der Waals surface area contributed by atoms with Crippen LogP contribution in [0.25, 0.3) is 0 Å². The van der Waals surface area contributed by atoms with E-state index in [2.05, 4.69) is 4.98 Å². The third-order valence-electron chi connectivity index (χ3n) is 2.89. The molecule has 116 valence electrons. The summed E-state index contributed by atoms with van der Waals surface area (Å²) in [5, 5.41) is 10.6. The highest BCUT2D eigenvalue weighted by Gasteiger charge is 2.23. The van der Waals surface area contributed by atoms with Gasteiger partial charge < -0.3 is 19.8 Å². The summed E-state index contributed by atoms with van der Waals surface area (Å²) in [6.45, 7) is 1.37. The Balaban J connectivity index is 1.98. The fourth-order valence-corrected chi connectivity index (χ4v) is 2.33. The number of nitrogens with zero attached hydrogens (tertiary/aromatic N) is 3. The molecule has 1 aromatic rings. The van der Waals surface area contributed by atoms with Gasteiger partial charge in [-0.2, -0.15) is 8.42 Å². The largest absolute Gasteiger partial charge is 0.372 e. The molecule has 0 bridgehead atoms. The molecule has 0 aliphatic carbocycles. The van der Waals surface area contributed by atoms with Crippen molar-refractivity contribution in [1.29, 1.82) is 0 Å². The Labute approximate surface area is 121 Å². The zero-order chi connectivity index (χ0) is 15.5. The smallest absolute Gasteiger partial charge is 0.363 e. The minimum atomic E-state index is -3.51. The van der Waals surface area contributed by atoms with E-state index >= 15 is 0 Å². The molecule has 0 spiro atoms. The maximum Gasteiger partial charge on any atom is 0.363 e. The van der Waals surface area contributed by atoms with Gasteiger partial charge in [0.25, 0.3) is 10.1 Å².